The molecule has 0 aliphatic rings. The van der Waals surface area contributed by atoms with Crippen molar-refractivity contribution >= 4 is 34.7 Å². The molecule has 0 fully saturated rings. The normalized spacial score (nSPS) is 11.0. The molecule has 0 heterocycles. The van der Waals surface area contributed by atoms with Crippen LogP contribution < -0.4 is 10.2 Å². The van der Waals surface area contributed by atoms with E-state index in [2.05, 4.69) is 59.1 Å². The molecule has 2 aromatic rings. The summed E-state index contributed by atoms with van der Waals surface area (Å²) in [5.41, 5.74) is 5.25. The second kappa shape index (κ2) is 8.10. The lowest BCUT2D eigenvalue weighted by atomic mass is 10.0. The first-order valence-electron chi connectivity index (χ1n) is 7.28. The molecule has 4 nitrogen and oxygen atoms in total. The predicted molar refractivity (Wildman–Crippen MR) is 101 cm³/mol. The predicted octanol–water partition coefficient (Wildman–Crippen LogP) is 4.19. The summed E-state index contributed by atoms with van der Waals surface area (Å²) in [6, 6.07) is 13.4. The van der Waals surface area contributed by atoms with Crippen LogP contribution in [0.2, 0.25) is 0 Å². The molecule has 0 aliphatic heterocycles. The molecule has 1 amide bonds. The minimum Gasteiger partial charge on any atom is -0.496 e. The Bertz CT molecular complexity index is 709. The summed E-state index contributed by atoms with van der Waals surface area (Å²) in [6.07, 6.45) is 1.63. The van der Waals surface area contributed by atoms with Crippen molar-refractivity contribution < 1.29 is 9.53 Å². The molecule has 0 radical (unpaired) electrons. The van der Waals surface area contributed by atoms with E-state index in [9.17, 15) is 4.79 Å². The van der Waals surface area contributed by atoms with Gasteiger partial charge in [0, 0.05) is 5.56 Å². The van der Waals surface area contributed by atoms with Gasteiger partial charge in [-0.25, -0.2) is 5.43 Å². The Hall–Kier alpha value is -1.89. The van der Waals surface area contributed by atoms with Gasteiger partial charge < -0.3 is 4.74 Å². The standard InChI is InChI=1S/C18H19IN2O2/c1-12(2)14-6-4-13(5-7-14)11-20-21-18(22)15-8-9-16(19)17(10-15)23-3/h4-12H,1-3H3,(H,21,22)/b20-11-. The van der Waals surface area contributed by atoms with Crippen molar-refractivity contribution in [3.63, 3.8) is 0 Å². The van der Waals surface area contributed by atoms with Crippen molar-refractivity contribution in [2.75, 3.05) is 7.11 Å². The zero-order chi connectivity index (χ0) is 16.8. The van der Waals surface area contributed by atoms with Gasteiger partial charge in [-0.05, 0) is 57.8 Å². The number of nitrogens with zero attached hydrogens (tertiary/aromatic N) is 1. The smallest absolute Gasteiger partial charge is 0.271 e. The topological polar surface area (TPSA) is 50.7 Å². The lowest BCUT2D eigenvalue weighted by molar-refractivity contribution is 0.0955. The number of rotatable bonds is 5. The van der Waals surface area contributed by atoms with Crippen LogP contribution in [0.3, 0.4) is 0 Å². The van der Waals surface area contributed by atoms with Crippen molar-refractivity contribution in [3.05, 3.63) is 62.7 Å². The maximum atomic E-state index is 12.1. The summed E-state index contributed by atoms with van der Waals surface area (Å²) in [5, 5.41) is 4.00. The highest BCUT2D eigenvalue weighted by Crippen LogP contribution is 2.21. The first-order chi connectivity index (χ1) is 11.0. The molecule has 0 spiro atoms. The Kier molecular flexibility index (Phi) is 6.15. The molecule has 0 atom stereocenters. The van der Waals surface area contributed by atoms with E-state index in [4.69, 9.17) is 4.74 Å². The summed E-state index contributed by atoms with van der Waals surface area (Å²) >= 11 is 2.16. The number of carbonyl (C=O) groups is 1. The summed E-state index contributed by atoms with van der Waals surface area (Å²) < 4.78 is 6.17. The van der Waals surface area contributed by atoms with Gasteiger partial charge in [0.2, 0.25) is 0 Å². The van der Waals surface area contributed by atoms with Gasteiger partial charge >= 0.3 is 0 Å². The Morgan fingerprint density at radius 2 is 1.91 bits per heavy atom. The van der Waals surface area contributed by atoms with E-state index in [0.717, 1.165) is 9.13 Å². The number of amides is 1. The fourth-order valence-corrected chi connectivity index (χ4v) is 2.55. The number of hydrogen-bond acceptors (Lipinski definition) is 3. The van der Waals surface area contributed by atoms with E-state index in [1.54, 1.807) is 25.5 Å². The van der Waals surface area contributed by atoms with Crippen LogP contribution in [0, 0.1) is 3.57 Å². The van der Waals surface area contributed by atoms with E-state index < -0.39 is 0 Å². The number of ether oxygens (including phenoxy) is 1. The van der Waals surface area contributed by atoms with Gasteiger partial charge in [0.15, 0.2) is 0 Å². The molecule has 0 aliphatic carbocycles. The monoisotopic (exact) mass is 422 g/mol. The Morgan fingerprint density at radius 3 is 2.52 bits per heavy atom. The number of halogens is 1. The van der Waals surface area contributed by atoms with Gasteiger partial charge in [0.25, 0.3) is 5.91 Å². The summed E-state index contributed by atoms with van der Waals surface area (Å²) in [6.45, 7) is 4.30. The Balaban J connectivity index is 2.00. The zero-order valence-corrected chi connectivity index (χ0v) is 15.5. The third-order valence-electron chi connectivity index (χ3n) is 3.40. The maximum Gasteiger partial charge on any atom is 0.271 e. The fraction of sp³-hybridized carbons (Fsp3) is 0.222. The Morgan fingerprint density at radius 1 is 1.22 bits per heavy atom. The third-order valence-corrected chi connectivity index (χ3v) is 4.29. The van der Waals surface area contributed by atoms with Crippen LogP contribution >= 0.6 is 22.6 Å². The van der Waals surface area contributed by atoms with Crippen LogP contribution in [-0.2, 0) is 0 Å². The molecule has 23 heavy (non-hydrogen) atoms. The van der Waals surface area contributed by atoms with Crippen molar-refractivity contribution in [3.8, 4) is 5.75 Å². The van der Waals surface area contributed by atoms with E-state index in [-0.39, 0.29) is 5.91 Å². The van der Waals surface area contributed by atoms with Gasteiger partial charge in [-0.2, -0.15) is 5.10 Å². The SMILES string of the molecule is COc1cc(C(=O)N/N=C\c2ccc(C(C)C)cc2)ccc1I. The van der Waals surface area contributed by atoms with Crippen LogP contribution in [0.25, 0.3) is 0 Å². The largest absolute Gasteiger partial charge is 0.496 e. The summed E-state index contributed by atoms with van der Waals surface area (Å²) in [5.74, 6) is 0.901. The molecule has 0 unspecified atom stereocenters. The van der Waals surface area contributed by atoms with Gasteiger partial charge in [-0.15, -0.1) is 0 Å². The first-order valence-corrected chi connectivity index (χ1v) is 8.36. The van der Waals surface area contributed by atoms with E-state index >= 15 is 0 Å². The highest BCUT2D eigenvalue weighted by atomic mass is 127. The van der Waals surface area contributed by atoms with Crippen molar-refractivity contribution in [2.24, 2.45) is 5.10 Å². The first kappa shape index (κ1) is 17.5. The molecule has 120 valence electrons. The fourth-order valence-electron chi connectivity index (χ4n) is 2.00. The molecule has 0 saturated heterocycles. The van der Waals surface area contributed by atoms with Gasteiger partial charge in [-0.3, -0.25) is 4.79 Å². The summed E-state index contributed by atoms with van der Waals surface area (Å²) in [7, 11) is 1.58. The highest BCUT2D eigenvalue weighted by Gasteiger charge is 2.08. The maximum absolute atomic E-state index is 12.1. The van der Waals surface area contributed by atoms with Crippen LogP contribution in [-0.4, -0.2) is 19.2 Å². The zero-order valence-electron chi connectivity index (χ0n) is 13.3. The number of hydrogen-bond donors (Lipinski definition) is 1. The second-order valence-electron chi connectivity index (χ2n) is 5.37. The van der Waals surface area contributed by atoms with E-state index in [1.807, 2.05) is 18.2 Å². The number of hydrazone groups is 1. The average Bonchev–Trinajstić information content (AvgIpc) is 2.55. The van der Waals surface area contributed by atoms with Gasteiger partial charge in [-0.1, -0.05) is 38.1 Å². The van der Waals surface area contributed by atoms with Crippen molar-refractivity contribution in [1.82, 2.24) is 5.43 Å². The molecule has 5 heteroatoms. The lowest BCUT2D eigenvalue weighted by Crippen LogP contribution is -2.17. The minimum absolute atomic E-state index is 0.269. The second-order valence-corrected chi connectivity index (χ2v) is 6.53. The number of benzene rings is 2. The summed E-state index contributed by atoms with van der Waals surface area (Å²) in [4.78, 5) is 12.1. The van der Waals surface area contributed by atoms with Crippen molar-refractivity contribution in [2.45, 2.75) is 19.8 Å². The van der Waals surface area contributed by atoms with E-state index in [1.165, 1.54) is 5.56 Å². The highest BCUT2D eigenvalue weighted by molar-refractivity contribution is 14.1. The molecule has 0 aromatic heterocycles. The van der Waals surface area contributed by atoms with Crippen LogP contribution in [0.4, 0.5) is 0 Å². The number of carbonyl (C=O) groups excluding carboxylic acids is 1. The quantitative estimate of drug-likeness (QED) is 0.447. The Labute approximate surface area is 150 Å². The van der Waals surface area contributed by atoms with Crippen molar-refractivity contribution in [1.29, 1.82) is 0 Å². The third kappa shape index (κ3) is 4.79. The lowest BCUT2D eigenvalue weighted by Gasteiger charge is -2.06. The van der Waals surface area contributed by atoms with Crippen LogP contribution in [0.5, 0.6) is 5.75 Å². The van der Waals surface area contributed by atoms with Gasteiger partial charge in [0.1, 0.15) is 5.75 Å². The molecule has 0 saturated carbocycles. The number of methoxy groups -OCH3 is 1. The molecular weight excluding hydrogens is 403 g/mol. The van der Waals surface area contributed by atoms with Crippen LogP contribution in [0.1, 0.15) is 41.3 Å². The van der Waals surface area contributed by atoms with E-state index in [0.29, 0.717) is 17.2 Å². The number of nitrogens with one attached hydrogen (secondary N) is 1. The van der Waals surface area contributed by atoms with Gasteiger partial charge in [0.05, 0.1) is 16.9 Å². The minimum atomic E-state index is -0.269. The molecule has 0 bridgehead atoms. The average molecular weight is 422 g/mol. The molecular formula is C18H19IN2O2. The molecule has 1 N–H and O–H groups in total. The molecule has 2 rings (SSSR count). The molecule has 2 aromatic carbocycles. The van der Waals surface area contributed by atoms with Crippen LogP contribution in [0.15, 0.2) is 47.6 Å².